The molecule has 0 amide bonds. The summed E-state index contributed by atoms with van der Waals surface area (Å²) in [6.45, 7) is 2.41. The molecule has 15 heavy (non-hydrogen) atoms. The van der Waals surface area contributed by atoms with Crippen molar-refractivity contribution in [3.8, 4) is 0 Å². The van der Waals surface area contributed by atoms with Crippen molar-refractivity contribution in [1.82, 2.24) is 5.32 Å². The van der Waals surface area contributed by atoms with Gasteiger partial charge in [0.15, 0.2) is 0 Å². The molecule has 0 aromatic rings. The van der Waals surface area contributed by atoms with Crippen LogP contribution in [0.15, 0.2) is 24.4 Å². The highest BCUT2D eigenvalue weighted by Gasteiger charge is 2.35. The van der Waals surface area contributed by atoms with Gasteiger partial charge in [-0.15, -0.1) is 0 Å². The number of allylic oxidation sites excluding steroid dienone is 3. The van der Waals surface area contributed by atoms with E-state index in [1.165, 1.54) is 44.9 Å². The van der Waals surface area contributed by atoms with Crippen LogP contribution in [0.2, 0.25) is 0 Å². The monoisotopic (exact) mass is 207 g/mol. The van der Waals surface area contributed by atoms with Gasteiger partial charge in [-0.2, -0.15) is 0 Å². The van der Waals surface area contributed by atoms with Gasteiger partial charge in [-0.25, -0.2) is 0 Å². The van der Waals surface area contributed by atoms with E-state index >= 15 is 0 Å². The Labute approximate surface area is 94.6 Å². The zero-order valence-corrected chi connectivity index (χ0v) is 10.3. The third-order valence-electron chi connectivity index (χ3n) is 3.21. The van der Waals surface area contributed by atoms with Crippen molar-refractivity contribution in [1.29, 1.82) is 0 Å². The highest BCUT2D eigenvalue weighted by Crippen LogP contribution is 2.48. The van der Waals surface area contributed by atoms with Gasteiger partial charge in [-0.3, -0.25) is 0 Å². The van der Waals surface area contributed by atoms with Crippen LogP contribution in [0.25, 0.3) is 0 Å². The minimum absolute atomic E-state index is 0.722. The Balaban J connectivity index is 1.86. The Morgan fingerprint density at radius 1 is 1.07 bits per heavy atom. The zero-order chi connectivity index (χ0) is 11.0. The Kier molecular flexibility index (Phi) is 5.52. The molecular formula is C14H25N. The van der Waals surface area contributed by atoms with Crippen LogP contribution in [0.3, 0.4) is 0 Å². The molecule has 0 aromatic carbocycles. The molecule has 1 aliphatic rings. The lowest BCUT2D eigenvalue weighted by Gasteiger charge is -2.03. The fourth-order valence-corrected chi connectivity index (χ4v) is 1.69. The molecule has 1 nitrogen and oxygen atoms in total. The van der Waals surface area contributed by atoms with Crippen LogP contribution in [-0.2, 0) is 0 Å². The molecule has 1 N–H and O–H groups in total. The molecule has 86 valence electrons. The molecule has 0 spiro atoms. The maximum atomic E-state index is 3.00. The smallest absolute Gasteiger partial charge is 0.00276 e. The zero-order valence-electron chi connectivity index (χ0n) is 10.3. The number of unbranched alkanes of at least 4 members (excludes halogenated alkanes) is 2. The Morgan fingerprint density at radius 3 is 2.40 bits per heavy atom. The van der Waals surface area contributed by atoms with E-state index in [9.17, 15) is 0 Å². The van der Waals surface area contributed by atoms with Gasteiger partial charge in [0.25, 0.3) is 0 Å². The Hall–Kier alpha value is -0.720. The summed E-state index contributed by atoms with van der Waals surface area (Å²) in [7, 11) is 1.94. The fraction of sp³-hybridized carbons (Fsp3) is 0.714. The van der Waals surface area contributed by atoms with Gasteiger partial charge in [0.05, 0.1) is 0 Å². The highest BCUT2D eigenvalue weighted by atomic mass is 14.8. The third-order valence-corrected chi connectivity index (χ3v) is 3.21. The topological polar surface area (TPSA) is 12.0 Å². The number of hydrogen-bond acceptors (Lipinski definition) is 1. The molecule has 0 heterocycles. The Morgan fingerprint density at radius 2 is 1.73 bits per heavy atom. The van der Waals surface area contributed by atoms with Gasteiger partial charge < -0.3 is 5.32 Å². The first-order valence-electron chi connectivity index (χ1n) is 6.24. The van der Waals surface area contributed by atoms with Gasteiger partial charge in [0.2, 0.25) is 0 Å². The van der Waals surface area contributed by atoms with E-state index in [4.69, 9.17) is 0 Å². The summed E-state index contributed by atoms with van der Waals surface area (Å²) in [6, 6.07) is 0. The summed E-state index contributed by atoms with van der Waals surface area (Å²) >= 11 is 0. The minimum Gasteiger partial charge on any atom is -0.394 e. The summed E-state index contributed by atoms with van der Waals surface area (Å²) < 4.78 is 0. The maximum absolute atomic E-state index is 3.00. The van der Waals surface area contributed by atoms with E-state index in [1.54, 1.807) is 0 Å². The second-order valence-corrected chi connectivity index (χ2v) is 4.94. The molecule has 0 unspecified atom stereocenters. The van der Waals surface area contributed by atoms with E-state index in [0.717, 1.165) is 5.41 Å². The third kappa shape index (κ3) is 6.38. The molecule has 0 saturated heterocycles. The molecule has 1 aliphatic carbocycles. The molecule has 0 aliphatic heterocycles. The standard InChI is InChI=1S/C14H25N/c1-14(11-12-14)10-8-6-4-3-5-7-9-13-15-2/h4,6,9,13,15H,3,5,7-8,10-12H2,1-2H3/b6-4-,13-9-. The van der Waals surface area contributed by atoms with Gasteiger partial charge in [-0.05, 0) is 56.6 Å². The van der Waals surface area contributed by atoms with E-state index in [0.29, 0.717) is 0 Å². The van der Waals surface area contributed by atoms with Crippen LogP contribution in [0.5, 0.6) is 0 Å². The van der Waals surface area contributed by atoms with Crippen molar-refractivity contribution in [2.24, 2.45) is 5.41 Å². The van der Waals surface area contributed by atoms with Gasteiger partial charge in [-0.1, -0.05) is 25.2 Å². The number of hydrogen-bond donors (Lipinski definition) is 1. The molecule has 1 saturated carbocycles. The Bertz CT molecular complexity index is 211. The first kappa shape index (κ1) is 12.4. The predicted octanol–water partition coefficient (Wildman–Crippen LogP) is 4.03. The molecule has 0 aromatic heterocycles. The van der Waals surface area contributed by atoms with Crippen LogP contribution < -0.4 is 5.32 Å². The quantitative estimate of drug-likeness (QED) is 0.468. The second-order valence-electron chi connectivity index (χ2n) is 4.94. The average Bonchev–Trinajstić information content (AvgIpc) is 2.95. The van der Waals surface area contributed by atoms with Crippen molar-refractivity contribution in [2.45, 2.75) is 51.9 Å². The van der Waals surface area contributed by atoms with E-state index in [1.807, 2.05) is 13.2 Å². The molecular weight excluding hydrogens is 182 g/mol. The normalized spacial score (nSPS) is 18.8. The van der Waals surface area contributed by atoms with Crippen LogP contribution in [-0.4, -0.2) is 7.05 Å². The summed E-state index contributed by atoms with van der Waals surface area (Å²) in [5.41, 5.74) is 0.722. The molecule has 0 atom stereocenters. The number of rotatable bonds is 8. The first-order valence-corrected chi connectivity index (χ1v) is 6.24. The first-order chi connectivity index (χ1) is 7.27. The summed E-state index contributed by atoms with van der Waals surface area (Å²) in [4.78, 5) is 0. The number of nitrogens with one attached hydrogen (secondary N) is 1. The van der Waals surface area contributed by atoms with Crippen molar-refractivity contribution < 1.29 is 0 Å². The second kappa shape index (κ2) is 6.71. The minimum atomic E-state index is 0.722. The fourth-order valence-electron chi connectivity index (χ4n) is 1.69. The van der Waals surface area contributed by atoms with Gasteiger partial charge >= 0.3 is 0 Å². The summed E-state index contributed by atoms with van der Waals surface area (Å²) in [6.07, 6.45) is 18.2. The summed E-state index contributed by atoms with van der Waals surface area (Å²) in [5.74, 6) is 0. The lowest BCUT2D eigenvalue weighted by atomic mass is 10.0. The lowest BCUT2D eigenvalue weighted by molar-refractivity contribution is 0.524. The predicted molar refractivity (Wildman–Crippen MR) is 67.8 cm³/mol. The maximum Gasteiger partial charge on any atom is 0.00276 e. The molecule has 1 fully saturated rings. The van der Waals surface area contributed by atoms with Crippen LogP contribution in [0.1, 0.15) is 51.9 Å². The highest BCUT2D eigenvalue weighted by molar-refractivity contribution is 4.92. The molecule has 1 heteroatoms. The van der Waals surface area contributed by atoms with E-state index < -0.39 is 0 Å². The molecule has 1 rings (SSSR count). The van der Waals surface area contributed by atoms with Crippen molar-refractivity contribution in [3.05, 3.63) is 24.4 Å². The molecule has 0 bridgehead atoms. The van der Waals surface area contributed by atoms with E-state index in [2.05, 4.69) is 30.5 Å². The van der Waals surface area contributed by atoms with Crippen molar-refractivity contribution in [3.63, 3.8) is 0 Å². The van der Waals surface area contributed by atoms with Crippen LogP contribution >= 0.6 is 0 Å². The largest absolute Gasteiger partial charge is 0.394 e. The SMILES string of the molecule is CN/C=C\CCC/C=C\CCC1(C)CC1. The van der Waals surface area contributed by atoms with Gasteiger partial charge in [0, 0.05) is 7.05 Å². The average molecular weight is 207 g/mol. The van der Waals surface area contributed by atoms with Crippen molar-refractivity contribution >= 4 is 0 Å². The molecule has 0 radical (unpaired) electrons. The summed E-state index contributed by atoms with van der Waals surface area (Å²) in [5, 5.41) is 3.00. The van der Waals surface area contributed by atoms with Crippen LogP contribution in [0.4, 0.5) is 0 Å². The van der Waals surface area contributed by atoms with E-state index in [-0.39, 0.29) is 0 Å². The van der Waals surface area contributed by atoms with Gasteiger partial charge in [0.1, 0.15) is 0 Å². The van der Waals surface area contributed by atoms with Crippen molar-refractivity contribution in [2.75, 3.05) is 7.05 Å². The lowest BCUT2D eigenvalue weighted by Crippen LogP contribution is -1.90. The van der Waals surface area contributed by atoms with Crippen LogP contribution in [0, 0.1) is 5.41 Å².